The van der Waals surface area contributed by atoms with Crippen molar-refractivity contribution in [1.29, 1.82) is 0 Å². The van der Waals surface area contributed by atoms with Crippen LogP contribution in [0.1, 0.15) is 93.1 Å². The number of carbonyl (C=O) groups is 9. The van der Waals surface area contributed by atoms with Gasteiger partial charge in [-0.05, 0) is 49.5 Å². The van der Waals surface area contributed by atoms with E-state index in [0.29, 0.717) is 12.0 Å². The van der Waals surface area contributed by atoms with Crippen LogP contribution in [0.2, 0.25) is 0 Å². The van der Waals surface area contributed by atoms with Gasteiger partial charge >= 0.3 is 0 Å². The molecule has 10 N–H and O–H groups in total. The molecule has 0 spiro atoms. The molecule has 1 saturated heterocycles. The number of hydrogen-bond donors (Lipinski definition) is 9. The van der Waals surface area contributed by atoms with Gasteiger partial charge in [0, 0.05) is 19.9 Å². The van der Waals surface area contributed by atoms with Crippen molar-refractivity contribution in [3.05, 3.63) is 35.9 Å². The number of nitrogens with one attached hydrogen (secondary N) is 8. The maximum absolute atomic E-state index is 13.9. The number of nitrogens with two attached hydrogens (primary N) is 1. The Morgan fingerprint density at radius 3 is 1.83 bits per heavy atom. The first-order valence-corrected chi connectivity index (χ1v) is 19.9. The number of benzene rings is 1. The van der Waals surface area contributed by atoms with Gasteiger partial charge in [0.05, 0.1) is 6.42 Å². The van der Waals surface area contributed by atoms with Crippen LogP contribution in [-0.2, 0) is 49.6 Å². The molecule has 0 unspecified atom stereocenters. The zero-order valence-electron chi connectivity index (χ0n) is 34.9. The molecule has 8 atom stereocenters. The first kappa shape index (κ1) is 48.6. The van der Waals surface area contributed by atoms with Gasteiger partial charge in [-0.25, -0.2) is 0 Å². The van der Waals surface area contributed by atoms with E-state index in [4.69, 9.17) is 5.73 Å². The second kappa shape index (κ2) is 23.6. The van der Waals surface area contributed by atoms with E-state index in [1.54, 1.807) is 44.2 Å². The predicted octanol–water partition coefficient (Wildman–Crippen LogP) is -0.804. The highest BCUT2D eigenvalue weighted by molar-refractivity contribution is 5.98. The van der Waals surface area contributed by atoms with E-state index in [9.17, 15) is 43.2 Å². The fraction of sp³-hybridized carbons (Fsp3) is 0.625. The Balaban J connectivity index is 2.53. The molecular formula is C40H63N9O9. The van der Waals surface area contributed by atoms with Crippen LogP contribution in [0.4, 0.5) is 0 Å². The molecule has 0 bridgehead atoms. The molecule has 1 aliphatic heterocycles. The summed E-state index contributed by atoms with van der Waals surface area (Å²) in [5.41, 5.74) is 6.13. The van der Waals surface area contributed by atoms with Gasteiger partial charge in [0.1, 0.15) is 42.3 Å². The van der Waals surface area contributed by atoms with Crippen LogP contribution in [-0.4, -0.2) is 102 Å². The smallest absolute Gasteiger partial charge is 0.243 e. The van der Waals surface area contributed by atoms with Crippen LogP contribution in [0.5, 0.6) is 0 Å². The Hall–Kier alpha value is -5.55. The number of amides is 9. The van der Waals surface area contributed by atoms with Crippen LogP contribution < -0.4 is 48.3 Å². The van der Waals surface area contributed by atoms with E-state index < -0.39 is 102 Å². The lowest BCUT2D eigenvalue weighted by Crippen LogP contribution is -2.60. The molecule has 58 heavy (non-hydrogen) atoms. The summed E-state index contributed by atoms with van der Waals surface area (Å²) in [6, 6.07) is 0.278. The Kier molecular flexibility index (Phi) is 19.8. The molecule has 1 fully saturated rings. The molecule has 18 heteroatoms. The maximum Gasteiger partial charge on any atom is 0.243 e. The molecule has 0 aliphatic carbocycles. The van der Waals surface area contributed by atoms with Crippen LogP contribution in [0.25, 0.3) is 0 Å². The highest BCUT2D eigenvalue weighted by Gasteiger charge is 2.35. The summed E-state index contributed by atoms with van der Waals surface area (Å²) in [5, 5.41) is 21.0. The zero-order chi connectivity index (χ0) is 43.7. The van der Waals surface area contributed by atoms with Crippen molar-refractivity contribution in [2.45, 2.75) is 136 Å². The van der Waals surface area contributed by atoms with Crippen molar-refractivity contribution in [1.82, 2.24) is 42.5 Å². The summed E-state index contributed by atoms with van der Waals surface area (Å²) in [6.45, 7) is 13.4. The molecule has 1 aromatic carbocycles. The summed E-state index contributed by atoms with van der Waals surface area (Å²) < 4.78 is 0. The number of hydrogen-bond acceptors (Lipinski definition) is 9. The van der Waals surface area contributed by atoms with Crippen molar-refractivity contribution in [3.8, 4) is 0 Å². The molecule has 18 nitrogen and oxygen atoms in total. The monoisotopic (exact) mass is 813 g/mol. The van der Waals surface area contributed by atoms with Crippen molar-refractivity contribution < 1.29 is 43.2 Å². The molecule has 0 radical (unpaired) electrons. The SMILES string of the molecule is CC[C@H](C)[C@H](NC(C)=O)C(=O)N[C@@H](CC(N)=O)C(=O)N[C@H]1CCNC(=O)[C@H](CC(C)C)NC(=O)[C@H](CC(C)C)NC(=O)[C@H](Cc2ccccc2)NC(=O)[C@H](C)NC1=O. The van der Waals surface area contributed by atoms with E-state index in [1.807, 2.05) is 27.7 Å². The standard InChI is InChI=1S/C40H63N9O9/c1-9-23(6)33(44-25(8)50)40(58)49-31(20-32(41)51)39(57)45-27-15-16-42-35(53)28(17-21(2)3)47-37(55)29(18-22(4)5)48-38(56)30(19-26-13-11-10-12-14-26)46-34(52)24(7)43-36(27)54/h10-14,21-24,27-31,33H,9,15-20H2,1-8H3,(H2,41,51)(H,42,53)(H,43,54)(H,44,50)(H,45,57)(H,46,52)(H,47,55)(H,48,56)(H,49,58)/t23-,24-,27-,28-,29-,30-,31-,33-/m0/s1. The number of carbonyl (C=O) groups excluding carboxylic acids is 9. The van der Waals surface area contributed by atoms with Gasteiger partial charge in [0.2, 0.25) is 53.2 Å². The predicted molar refractivity (Wildman–Crippen MR) is 215 cm³/mol. The number of rotatable bonds is 15. The third-order valence-corrected chi connectivity index (χ3v) is 9.61. The largest absolute Gasteiger partial charge is 0.370 e. The lowest BCUT2D eigenvalue weighted by atomic mass is 9.97. The Morgan fingerprint density at radius 1 is 0.741 bits per heavy atom. The van der Waals surface area contributed by atoms with E-state index in [-0.39, 0.29) is 50.0 Å². The third-order valence-electron chi connectivity index (χ3n) is 9.61. The first-order valence-electron chi connectivity index (χ1n) is 19.9. The second-order valence-corrected chi connectivity index (χ2v) is 15.8. The molecule has 1 aliphatic rings. The van der Waals surface area contributed by atoms with Crippen LogP contribution >= 0.6 is 0 Å². The van der Waals surface area contributed by atoms with Gasteiger partial charge in [0.15, 0.2) is 0 Å². The quantitative estimate of drug-likeness (QED) is 0.107. The van der Waals surface area contributed by atoms with Gasteiger partial charge in [-0.15, -0.1) is 0 Å². The van der Waals surface area contributed by atoms with Crippen molar-refractivity contribution >= 4 is 53.2 Å². The van der Waals surface area contributed by atoms with Crippen LogP contribution in [0.15, 0.2) is 30.3 Å². The molecule has 0 aromatic heterocycles. The van der Waals surface area contributed by atoms with Gasteiger partial charge in [-0.1, -0.05) is 78.3 Å². The fourth-order valence-corrected chi connectivity index (χ4v) is 6.28. The van der Waals surface area contributed by atoms with E-state index in [2.05, 4.69) is 42.5 Å². The zero-order valence-corrected chi connectivity index (χ0v) is 34.9. The molecule has 1 heterocycles. The Morgan fingerprint density at radius 2 is 1.29 bits per heavy atom. The summed E-state index contributed by atoms with van der Waals surface area (Å²) >= 11 is 0. The second-order valence-electron chi connectivity index (χ2n) is 15.8. The minimum absolute atomic E-state index is 0.0403. The fourth-order valence-electron chi connectivity index (χ4n) is 6.28. The van der Waals surface area contributed by atoms with E-state index in [0.717, 1.165) is 0 Å². The summed E-state index contributed by atoms with van der Waals surface area (Å²) in [7, 11) is 0. The Labute approximate surface area is 340 Å². The molecule has 9 amide bonds. The first-order chi connectivity index (χ1) is 27.2. The van der Waals surface area contributed by atoms with E-state index in [1.165, 1.54) is 13.8 Å². The molecular weight excluding hydrogens is 750 g/mol. The number of primary amides is 1. The summed E-state index contributed by atoms with van der Waals surface area (Å²) in [4.78, 5) is 120. The summed E-state index contributed by atoms with van der Waals surface area (Å²) in [5.74, 6) is -7.06. The summed E-state index contributed by atoms with van der Waals surface area (Å²) in [6.07, 6.45) is 0.104. The van der Waals surface area contributed by atoms with Gasteiger partial charge < -0.3 is 48.3 Å². The maximum atomic E-state index is 13.9. The minimum Gasteiger partial charge on any atom is -0.370 e. The lowest BCUT2D eigenvalue weighted by Gasteiger charge is -2.27. The molecule has 2 rings (SSSR count). The van der Waals surface area contributed by atoms with Gasteiger partial charge in [-0.3, -0.25) is 43.2 Å². The van der Waals surface area contributed by atoms with Crippen molar-refractivity contribution in [2.24, 2.45) is 23.5 Å². The lowest BCUT2D eigenvalue weighted by molar-refractivity contribution is -0.136. The normalized spacial score (nSPS) is 22.8. The molecule has 322 valence electrons. The molecule has 0 saturated carbocycles. The topological polar surface area (TPSA) is 276 Å². The minimum atomic E-state index is -1.57. The van der Waals surface area contributed by atoms with Crippen LogP contribution in [0.3, 0.4) is 0 Å². The van der Waals surface area contributed by atoms with Gasteiger partial charge in [0.25, 0.3) is 0 Å². The average Bonchev–Trinajstić information content (AvgIpc) is 3.14. The highest BCUT2D eigenvalue weighted by Crippen LogP contribution is 2.12. The molecule has 1 aromatic rings. The Bertz CT molecular complexity index is 1620. The van der Waals surface area contributed by atoms with E-state index >= 15 is 0 Å². The highest BCUT2D eigenvalue weighted by atomic mass is 16.2. The van der Waals surface area contributed by atoms with Gasteiger partial charge in [-0.2, -0.15) is 0 Å². The average molecular weight is 814 g/mol. The van der Waals surface area contributed by atoms with Crippen molar-refractivity contribution in [3.63, 3.8) is 0 Å². The van der Waals surface area contributed by atoms with Crippen LogP contribution in [0, 0.1) is 17.8 Å². The third kappa shape index (κ3) is 16.5. The van der Waals surface area contributed by atoms with Crippen molar-refractivity contribution in [2.75, 3.05) is 6.54 Å².